The fourth-order valence-corrected chi connectivity index (χ4v) is 2.84. The van der Waals surface area contributed by atoms with Crippen molar-refractivity contribution in [2.45, 2.75) is 78.9 Å². The summed E-state index contributed by atoms with van der Waals surface area (Å²) >= 11 is 0. The lowest BCUT2D eigenvalue weighted by Gasteiger charge is -2.32. The van der Waals surface area contributed by atoms with E-state index in [2.05, 4.69) is 39.9 Å². The van der Waals surface area contributed by atoms with Crippen LogP contribution >= 0.6 is 0 Å². The van der Waals surface area contributed by atoms with E-state index in [1.165, 1.54) is 32.1 Å². The molecule has 0 aliphatic heterocycles. The molecule has 0 aromatic carbocycles. The van der Waals surface area contributed by atoms with Crippen LogP contribution in [0.2, 0.25) is 0 Å². The molecule has 2 heteroatoms. The van der Waals surface area contributed by atoms with E-state index in [1.807, 2.05) is 7.11 Å². The maximum atomic E-state index is 5.71. The minimum Gasteiger partial charge on any atom is -0.380 e. The summed E-state index contributed by atoms with van der Waals surface area (Å²) in [6, 6.07) is 0.502. The van der Waals surface area contributed by atoms with Gasteiger partial charge in [0.1, 0.15) is 0 Å². The monoisotopic (exact) mass is 257 g/mol. The Morgan fingerprint density at radius 2 is 1.78 bits per heavy atom. The average Bonchev–Trinajstić information content (AvgIpc) is 2.34. The first-order valence-corrected chi connectivity index (χ1v) is 7.86. The van der Waals surface area contributed by atoms with Crippen molar-refractivity contribution >= 4 is 0 Å². The number of likely N-dealkylation sites (N-methyl/N-ethyl adjacent to an activating group) is 1. The summed E-state index contributed by atoms with van der Waals surface area (Å²) in [5.41, 5.74) is 0. The molecule has 0 fully saturated rings. The molecule has 0 bridgehead atoms. The van der Waals surface area contributed by atoms with Gasteiger partial charge < -0.3 is 10.1 Å². The number of rotatable bonds is 11. The Hall–Kier alpha value is -0.0800. The highest BCUT2D eigenvalue weighted by Gasteiger charge is 2.25. The highest BCUT2D eigenvalue weighted by molar-refractivity contribution is 4.81. The van der Waals surface area contributed by atoms with E-state index in [0.29, 0.717) is 18.1 Å². The maximum Gasteiger partial charge on any atom is 0.0747 e. The third kappa shape index (κ3) is 6.75. The van der Waals surface area contributed by atoms with Crippen molar-refractivity contribution < 1.29 is 4.74 Å². The van der Waals surface area contributed by atoms with Crippen molar-refractivity contribution in [3.05, 3.63) is 0 Å². The number of nitrogens with one attached hydrogen (secondary N) is 1. The molecule has 0 heterocycles. The largest absolute Gasteiger partial charge is 0.380 e. The lowest BCUT2D eigenvalue weighted by molar-refractivity contribution is 0.0256. The Labute approximate surface area is 115 Å². The Bertz CT molecular complexity index is 182. The molecule has 3 atom stereocenters. The van der Waals surface area contributed by atoms with Crippen molar-refractivity contribution in [3.63, 3.8) is 0 Å². The Kier molecular flexibility index (Phi) is 10.8. The van der Waals surface area contributed by atoms with Gasteiger partial charge in [-0.15, -0.1) is 0 Å². The molecule has 0 aromatic heterocycles. The third-order valence-electron chi connectivity index (χ3n) is 3.92. The van der Waals surface area contributed by atoms with Gasteiger partial charge in [-0.25, -0.2) is 0 Å². The Balaban J connectivity index is 4.46. The highest BCUT2D eigenvalue weighted by Crippen LogP contribution is 2.23. The minimum absolute atomic E-state index is 0.334. The van der Waals surface area contributed by atoms with Crippen LogP contribution in [-0.4, -0.2) is 25.8 Å². The van der Waals surface area contributed by atoms with Crippen LogP contribution in [0.1, 0.15) is 66.7 Å². The normalized spacial score (nSPS) is 16.8. The topological polar surface area (TPSA) is 21.3 Å². The molecular formula is C16H35NO. The summed E-state index contributed by atoms with van der Waals surface area (Å²) in [5, 5.41) is 3.63. The molecule has 0 aliphatic rings. The molecule has 18 heavy (non-hydrogen) atoms. The lowest BCUT2D eigenvalue weighted by Crippen LogP contribution is -2.44. The van der Waals surface area contributed by atoms with Crippen molar-refractivity contribution in [2.24, 2.45) is 11.8 Å². The molecular weight excluding hydrogens is 222 g/mol. The van der Waals surface area contributed by atoms with E-state index in [9.17, 15) is 0 Å². The van der Waals surface area contributed by atoms with Gasteiger partial charge in [-0.05, 0) is 24.8 Å². The molecule has 0 aliphatic carbocycles. The lowest BCUT2D eigenvalue weighted by atomic mass is 9.87. The molecule has 0 amide bonds. The van der Waals surface area contributed by atoms with E-state index < -0.39 is 0 Å². The summed E-state index contributed by atoms with van der Waals surface area (Å²) < 4.78 is 5.71. The molecule has 3 unspecified atom stereocenters. The van der Waals surface area contributed by atoms with Crippen LogP contribution in [0, 0.1) is 11.8 Å². The van der Waals surface area contributed by atoms with Crippen LogP contribution in [0.15, 0.2) is 0 Å². The van der Waals surface area contributed by atoms with Crippen molar-refractivity contribution in [1.82, 2.24) is 5.32 Å². The van der Waals surface area contributed by atoms with Crippen molar-refractivity contribution in [2.75, 3.05) is 13.7 Å². The summed E-state index contributed by atoms with van der Waals surface area (Å²) in [6.45, 7) is 12.3. The van der Waals surface area contributed by atoms with E-state index >= 15 is 0 Å². The molecule has 0 spiro atoms. The third-order valence-corrected chi connectivity index (χ3v) is 3.92. The first-order valence-electron chi connectivity index (χ1n) is 7.86. The van der Waals surface area contributed by atoms with E-state index in [4.69, 9.17) is 4.74 Å². The molecule has 110 valence electrons. The van der Waals surface area contributed by atoms with E-state index in [0.717, 1.165) is 12.5 Å². The van der Waals surface area contributed by atoms with Crippen LogP contribution in [0.25, 0.3) is 0 Å². The van der Waals surface area contributed by atoms with Gasteiger partial charge in [0, 0.05) is 13.2 Å². The second kappa shape index (κ2) is 10.8. The highest BCUT2D eigenvalue weighted by atomic mass is 16.5. The molecule has 0 radical (unpaired) electrons. The predicted molar refractivity (Wildman–Crippen MR) is 81.0 cm³/mol. The molecule has 2 nitrogen and oxygen atoms in total. The van der Waals surface area contributed by atoms with Gasteiger partial charge in [0.25, 0.3) is 0 Å². The van der Waals surface area contributed by atoms with Gasteiger partial charge in [0.15, 0.2) is 0 Å². The summed E-state index contributed by atoms with van der Waals surface area (Å²) in [7, 11) is 1.85. The van der Waals surface area contributed by atoms with Crippen molar-refractivity contribution in [3.8, 4) is 0 Å². The van der Waals surface area contributed by atoms with Gasteiger partial charge in [-0.1, -0.05) is 60.3 Å². The minimum atomic E-state index is 0.334. The zero-order valence-corrected chi connectivity index (χ0v) is 13.5. The Morgan fingerprint density at radius 1 is 1.11 bits per heavy atom. The summed E-state index contributed by atoms with van der Waals surface area (Å²) in [4.78, 5) is 0. The van der Waals surface area contributed by atoms with Gasteiger partial charge in [-0.3, -0.25) is 0 Å². The first-order chi connectivity index (χ1) is 8.60. The second-order valence-electron chi connectivity index (χ2n) is 5.76. The zero-order chi connectivity index (χ0) is 14.0. The van der Waals surface area contributed by atoms with Crippen LogP contribution in [0.3, 0.4) is 0 Å². The van der Waals surface area contributed by atoms with Crippen LogP contribution < -0.4 is 5.32 Å². The Morgan fingerprint density at radius 3 is 2.17 bits per heavy atom. The van der Waals surface area contributed by atoms with Crippen LogP contribution in [-0.2, 0) is 4.74 Å². The average molecular weight is 257 g/mol. The van der Waals surface area contributed by atoms with Gasteiger partial charge in [0.2, 0.25) is 0 Å². The number of ether oxygens (including phenoxy) is 1. The second-order valence-corrected chi connectivity index (χ2v) is 5.76. The molecule has 0 saturated carbocycles. The molecule has 1 N–H and O–H groups in total. The number of methoxy groups -OCH3 is 1. The van der Waals surface area contributed by atoms with Crippen LogP contribution in [0.4, 0.5) is 0 Å². The zero-order valence-electron chi connectivity index (χ0n) is 13.5. The van der Waals surface area contributed by atoms with Crippen molar-refractivity contribution in [1.29, 1.82) is 0 Å². The molecule has 0 aromatic rings. The molecule has 0 rings (SSSR count). The number of hydrogen-bond acceptors (Lipinski definition) is 2. The number of hydrogen-bond donors (Lipinski definition) is 1. The van der Waals surface area contributed by atoms with Gasteiger partial charge in [-0.2, -0.15) is 0 Å². The fourth-order valence-electron chi connectivity index (χ4n) is 2.84. The SMILES string of the molecule is CCCCC(CC)CC(NCC)C(OC)C(C)C. The van der Waals surface area contributed by atoms with Gasteiger partial charge >= 0.3 is 0 Å². The summed E-state index contributed by atoms with van der Waals surface area (Å²) in [5.74, 6) is 1.41. The van der Waals surface area contributed by atoms with E-state index in [1.54, 1.807) is 0 Å². The predicted octanol–water partition coefficient (Wildman–Crippen LogP) is 4.24. The fraction of sp³-hybridized carbons (Fsp3) is 1.00. The standard InChI is InChI=1S/C16H35NO/c1-7-10-11-14(8-2)12-15(17-9-3)16(18-6)13(4)5/h13-17H,7-12H2,1-6H3. The quantitative estimate of drug-likeness (QED) is 0.598. The maximum absolute atomic E-state index is 5.71. The summed E-state index contributed by atoms with van der Waals surface area (Å²) in [6.07, 6.45) is 6.90. The smallest absolute Gasteiger partial charge is 0.0747 e. The van der Waals surface area contributed by atoms with Crippen LogP contribution in [0.5, 0.6) is 0 Å². The van der Waals surface area contributed by atoms with Gasteiger partial charge in [0.05, 0.1) is 6.10 Å². The first kappa shape index (κ1) is 17.9. The van der Waals surface area contributed by atoms with E-state index in [-0.39, 0.29) is 0 Å². The molecule has 0 saturated heterocycles. The number of unbranched alkanes of at least 4 members (excludes halogenated alkanes) is 1.